The third-order valence-corrected chi connectivity index (χ3v) is 4.93. The molecule has 0 aliphatic heterocycles. The van der Waals surface area contributed by atoms with Crippen molar-refractivity contribution in [1.82, 2.24) is 4.57 Å². The van der Waals surface area contributed by atoms with Gasteiger partial charge in [0.2, 0.25) is 0 Å². The van der Waals surface area contributed by atoms with Gasteiger partial charge in [0.1, 0.15) is 5.82 Å². The summed E-state index contributed by atoms with van der Waals surface area (Å²) in [6.45, 7) is 3.93. The van der Waals surface area contributed by atoms with E-state index in [1.54, 1.807) is 30.3 Å². The summed E-state index contributed by atoms with van der Waals surface area (Å²) in [5, 5.41) is 10.5. The molecule has 1 aromatic heterocycles. The van der Waals surface area contributed by atoms with Gasteiger partial charge in [-0.1, -0.05) is 35.3 Å². The van der Waals surface area contributed by atoms with Crippen molar-refractivity contribution in [2.24, 2.45) is 0 Å². The third-order valence-electron chi connectivity index (χ3n) is 4.19. The van der Waals surface area contributed by atoms with Crippen LogP contribution in [0, 0.1) is 31.0 Å². The van der Waals surface area contributed by atoms with Gasteiger partial charge in [-0.3, -0.25) is 0 Å². The fraction of sp³-hybridized carbons (Fsp3) is 0.0952. The van der Waals surface area contributed by atoms with E-state index in [0.717, 1.165) is 22.6 Å². The summed E-state index contributed by atoms with van der Waals surface area (Å²) in [6.07, 6.45) is 1.77. The second-order valence-corrected chi connectivity index (χ2v) is 6.75. The molecule has 0 spiro atoms. The number of allylic oxidation sites excluding steroid dienone is 1. The highest BCUT2D eigenvalue weighted by Crippen LogP contribution is 2.29. The molecule has 0 bridgehead atoms. The first kappa shape index (κ1) is 18.3. The number of hydrogen-bond acceptors (Lipinski definition) is 1. The topological polar surface area (TPSA) is 28.7 Å². The van der Waals surface area contributed by atoms with Crippen molar-refractivity contribution < 1.29 is 4.39 Å². The molecule has 2 aromatic carbocycles. The van der Waals surface area contributed by atoms with Crippen molar-refractivity contribution in [2.75, 3.05) is 0 Å². The van der Waals surface area contributed by atoms with Crippen molar-refractivity contribution in [2.45, 2.75) is 13.8 Å². The zero-order chi connectivity index (χ0) is 18.8. The Kier molecular flexibility index (Phi) is 5.18. The number of halogens is 3. The van der Waals surface area contributed by atoms with Gasteiger partial charge in [0, 0.05) is 17.1 Å². The Morgan fingerprint density at radius 3 is 2.50 bits per heavy atom. The number of hydrogen-bond donors (Lipinski definition) is 0. The molecular formula is C21H15Cl2FN2. The Balaban J connectivity index is 2.10. The van der Waals surface area contributed by atoms with Crippen LogP contribution in [-0.4, -0.2) is 4.57 Å². The highest BCUT2D eigenvalue weighted by atomic mass is 35.5. The van der Waals surface area contributed by atoms with Crippen LogP contribution in [0.4, 0.5) is 4.39 Å². The molecule has 3 aromatic rings. The normalized spacial score (nSPS) is 11.5. The second kappa shape index (κ2) is 7.37. The first-order valence-electron chi connectivity index (χ1n) is 7.93. The molecule has 26 heavy (non-hydrogen) atoms. The second-order valence-electron chi connectivity index (χ2n) is 5.94. The molecule has 0 amide bonds. The van der Waals surface area contributed by atoms with E-state index in [-0.39, 0.29) is 5.82 Å². The van der Waals surface area contributed by atoms with E-state index in [1.807, 2.05) is 30.5 Å². The molecule has 0 saturated heterocycles. The number of aromatic nitrogens is 1. The smallest absolute Gasteiger partial charge is 0.123 e. The van der Waals surface area contributed by atoms with Gasteiger partial charge in [-0.15, -0.1) is 0 Å². The molecule has 0 aliphatic carbocycles. The van der Waals surface area contributed by atoms with E-state index in [2.05, 4.69) is 6.07 Å². The highest BCUT2D eigenvalue weighted by molar-refractivity contribution is 6.42. The largest absolute Gasteiger partial charge is 0.318 e. The molecule has 0 radical (unpaired) electrons. The van der Waals surface area contributed by atoms with Gasteiger partial charge in [0.15, 0.2) is 0 Å². The number of rotatable bonds is 3. The van der Waals surface area contributed by atoms with Crippen LogP contribution >= 0.6 is 23.2 Å². The van der Waals surface area contributed by atoms with E-state index in [9.17, 15) is 9.65 Å². The van der Waals surface area contributed by atoms with Gasteiger partial charge in [-0.05, 0) is 67.4 Å². The van der Waals surface area contributed by atoms with Crippen LogP contribution in [0.25, 0.3) is 17.3 Å². The fourth-order valence-electron chi connectivity index (χ4n) is 2.95. The van der Waals surface area contributed by atoms with E-state index in [4.69, 9.17) is 23.2 Å². The average Bonchev–Trinajstić information content (AvgIpc) is 2.89. The maximum atomic E-state index is 13.5. The summed E-state index contributed by atoms with van der Waals surface area (Å²) in [6, 6.07) is 15.6. The van der Waals surface area contributed by atoms with E-state index in [1.165, 1.54) is 12.1 Å². The maximum Gasteiger partial charge on any atom is 0.123 e. The third kappa shape index (κ3) is 3.53. The highest BCUT2D eigenvalue weighted by Gasteiger charge is 2.12. The summed E-state index contributed by atoms with van der Waals surface area (Å²) >= 11 is 12.1. The minimum Gasteiger partial charge on any atom is -0.318 e. The molecule has 0 N–H and O–H groups in total. The molecule has 0 fully saturated rings. The lowest BCUT2D eigenvalue weighted by atomic mass is 10.0. The lowest BCUT2D eigenvalue weighted by Crippen LogP contribution is -1.99. The zero-order valence-electron chi connectivity index (χ0n) is 14.2. The van der Waals surface area contributed by atoms with Crippen LogP contribution in [0.15, 0.2) is 48.5 Å². The van der Waals surface area contributed by atoms with Crippen LogP contribution < -0.4 is 0 Å². The number of nitriles is 1. The minimum absolute atomic E-state index is 0.370. The van der Waals surface area contributed by atoms with Crippen LogP contribution in [0.1, 0.15) is 22.5 Å². The first-order valence-corrected chi connectivity index (χ1v) is 8.68. The molecule has 3 rings (SSSR count). The summed E-state index contributed by atoms with van der Waals surface area (Å²) in [5.74, 6) is -0.370. The SMILES string of the molecule is Cc1cc(/C=C(\C#N)c2cccc(F)c2)c(C)n1-c1ccc(Cl)c(Cl)c1. The summed E-state index contributed by atoms with van der Waals surface area (Å²) < 4.78 is 15.5. The van der Waals surface area contributed by atoms with E-state index >= 15 is 0 Å². The molecule has 5 heteroatoms. The van der Waals surface area contributed by atoms with Crippen LogP contribution in [0.5, 0.6) is 0 Å². The zero-order valence-corrected chi connectivity index (χ0v) is 15.7. The van der Waals surface area contributed by atoms with Gasteiger partial charge in [0.05, 0.1) is 21.7 Å². The molecular weight excluding hydrogens is 370 g/mol. The Hall–Kier alpha value is -2.54. The fourth-order valence-corrected chi connectivity index (χ4v) is 3.24. The van der Waals surface area contributed by atoms with Gasteiger partial charge in [-0.25, -0.2) is 4.39 Å². The van der Waals surface area contributed by atoms with Gasteiger partial charge >= 0.3 is 0 Å². The molecule has 0 saturated carbocycles. The maximum absolute atomic E-state index is 13.5. The Bertz CT molecular complexity index is 1060. The summed E-state index contributed by atoms with van der Waals surface area (Å²) in [5.41, 5.74) is 4.66. The van der Waals surface area contributed by atoms with Gasteiger partial charge in [0.25, 0.3) is 0 Å². The van der Waals surface area contributed by atoms with E-state index < -0.39 is 0 Å². The number of nitrogens with zero attached hydrogens (tertiary/aromatic N) is 2. The van der Waals surface area contributed by atoms with Crippen LogP contribution in [-0.2, 0) is 0 Å². The lowest BCUT2D eigenvalue weighted by molar-refractivity contribution is 0.627. The average molecular weight is 385 g/mol. The van der Waals surface area contributed by atoms with Crippen LogP contribution in [0.3, 0.4) is 0 Å². The summed E-state index contributed by atoms with van der Waals surface area (Å²) in [4.78, 5) is 0. The number of benzene rings is 2. The quantitative estimate of drug-likeness (QED) is 0.467. The molecule has 130 valence electrons. The Morgan fingerprint density at radius 1 is 1.08 bits per heavy atom. The predicted molar refractivity (Wildman–Crippen MR) is 105 cm³/mol. The van der Waals surface area contributed by atoms with E-state index in [0.29, 0.717) is 21.2 Å². The van der Waals surface area contributed by atoms with Crippen LogP contribution in [0.2, 0.25) is 10.0 Å². The van der Waals surface area contributed by atoms with Crippen molar-refractivity contribution in [1.29, 1.82) is 5.26 Å². The minimum atomic E-state index is -0.370. The lowest BCUT2D eigenvalue weighted by Gasteiger charge is -2.10. The van der Waals surface area contributed by atoms with Gasteiger partial charge < -0.3 is 4.57 Å². The molecule has 1 heterocycles. The Morgan fingerprint density at radius 2 is 1.85 bits per heavy atom. The van der Waals surface area contributed by atoms with Crippen molar-refractivity contribution in [3.63, 3.8) is 0 Å². The van der Waals surface area contributed by atoms with Crippen molar-refractivity contribution in [3.05, 3.63) is 86.9 Å². The summed E-state index contributed by atoms with van der Waals surface area (Å²) in [7, 11) is 0. The molecule has 0 unspecified atom stereocenters. The number of aryl methyl sites for hydroxylation is 1. The van der Waals surface area contributed by atoms with Crippen molar-refractivity contribution in [3.8, 4) is 11.8 Å². The molecule has 0 atom stereocenters. The molecule has 0 aliphatic rings. The Labute approximate surface area is 161 Å². The monoisotopic (exact) mass is 384 g/mol. The molecule has 2 nitrogen and oxygen atoms in total. The predicted octanol–water partition coefficient (Wildman–Crippen LogP) is 6.60. The van der Waals surface area contributed by atoms with Gasteiger partial charge in [-0.2, -0.15) is 5.26 Å². The standard InChI is InChI=1S/C21H15Cl2FN2/c1-13-8-16(9-17(12-25)15-4-3-5-18(24)10-15)14(2)26(13)19-6-7-20(22)21(23)11-19/h3-11H,1-2H3/b17-9+. The van der Waals surface area contributed by atoms with Crippen molar-refractivity contribution >= 4 is 34.9 Å². The first-order chi connectivity index (χ1) is 12.4.